The molecule has 5 nitrogen and oxygen atoms in total. The number of aryl methyl sites for hydroxylation is 1. The van der Waals surface area contributed by atoms with Crippen LogP contribution in [-0.4, -0.2) is 20.2 Å². The third-order valence-corrected chi connectivity index (χ3v) is 3.36. The van der Waals surface area contributed by atoms with Crippen LogP contribution in [0.4, 0.5) is 0 Å². The molecule has 0 N–H and O–H groups in total. The molecule has 16 heavy (non-hydrogen) atoms. The van der Waals surface area contributed by atoms with Crippen molar-refractivity contribution in [3.63, 3.8) is 0 Å². The molecule has 0 fully saturated rings. The lowest BCUT2D eigenvalue weighted by Crippen LogP contribution is -2.07. The maximum Gasteiger partial charge on any atom is 0.161 e. The highest BCUT2D eigenvalue weighted by atomic mass is 32.2. The van der Waals surface area contributed by atoms with Crippen LogP contribution in [-0.2, 0) is 5.75 Å². The molecule has 2 heterocycles. The molecule has 0 aliphatic rings. The minimum absolute atomic E-state index is 0.288. The molecule has 0 bridgehead atoms. The molecule has 0 radical (unpaired) electrons. The Labute approximate surface area is 98.2 Å². The summed E-state index contributed by atoms with van der Waals surface area (Å²) in [7, 11) is 0. The van der Waals surface area contributed by atoms with Crippen molar-refractivity contribution in [2.24, 2.45) is 0 Å². The summed E-state index contributed by atoms with van der Waals surface area (Å²) in [4.78, 5) is 1.14. The van der Waals surface area contributed by atoms with Gasteiger partial charge in [-0.2, -0.15) is 0 Å². The Morgan fingerprint density at radius 2 is 2.31 bits per heavy atom. The summed E-state index contributed by atoms with van der Waals surface area (Å²) in [5.41, 5.74) is 0. The van der Waals surface area contributed by atoms with E-state index in [4.69, 9.17) is 4.42 Å². The Balaban J connectivity index is 2.05. The van der Waals surface area contributed by atoms with Crippen LogP contribution < -0.4 is 0 Å². The lowest BCUT2D eigenvalue weighted by Gasteiger charge is -2.06. The standard InChI is InChI=1S/C10H14N4OS/c1-7(2)14-10(11-12-13-14)6-16-9-4-5-15-8(9)3/h4-5,7H,6H2,1-3H3. The maximum atomic E-state index is 5.23. The van der Waals surface area contributed by atoms with E-state index in [1.54, 1.807) is 18.0 Å². The lowest BCUT2D eigenvalue weighted by atomic mass is 10.4. The molecule has 0 aromatic carbocycles. The average molecular weight is 238 g/mol. The SMILES string of the molecule is Cc1occc1SCc1nnnn1C(C)C. The minimum atomic E-state index is 0.288. The van der Waals surface area contributed by atoms with Crippen LogP contribution in [0.15, 0.2) is 21.6 Å². The molecule has 0 aliphatic heterocycles. The van der Waals surface area contributed by atoms with Gasteiger partial charge in [0.2, 0.25) is 0 Å². The number of nitrogens with zero attached hydrogens (tertiary/aromatic N) is 4. The third kappa shape index (κ3) is 2.27. The summed E-state index contributed by atoms with van der Waals surface area (Å²) in [5, 5.41) is 11.7. The Hall–Kier alpha value is -1.30. The topological polar surface area (TPSA) is 56.7 Å². The minimum Gasteiger partial charge on any atom is -0.468 e. The van der Waals surface area contributed by atoms with Gasteiger partial charge in [0.05, 0.1) is 18.1 Å². The molecule has 0 saturated carbocycles. The average Bonchev–Trinajstić information content (AvgIpc) is 2.83. The van der Waals surface area contributed by atoms with E-state index in [-0.39, 0.29) is 6.04 Å². The number of rotatable bonds is 4. The van der Waals surface area contributed by atoms with Gasteiger partial charge < -0.3 is 4.42 Å². The molecule has 0 unspecified atom stereocenters. The molecule has 2 aromatic heterocycles. The molecule has 0 atom stereocenters. The summed E-state index contributed by atoms with van der Waals surface area (Å²) in [6.45, 7) is 6.08. The summed E-state index contributed by atoms with van der Waals surface area (Å²) in [6, 6.07) is 2.25. The first-order valence-electron chi connectivity index (χ1n) is 5.12. The van der Waals surface area contributed by atoms with E-state index < -0.39 is 0 Å². The molecule has 86 valence electrons. The summed E-state index contributed by atoms with van der Waals surface area (Å²) in [5.74, 6) is 2.58. The molecule has 2 rings (SSSR count). The van der Waals surface area contributed by atoms with Crippen LogP contribution in [0.2, 0.25) is 0 Å². The second-order valence-corrected chi connectivity index (χ2v) is 4.78. The van der Waals surface area contributed by atoms with Gasteiger partial charge in [0, 0.05) is 4.90 Å². The zero-order valence-electron chi connectivity index (χ0n) is 9.54. The first-order chi connectivity index (χ1) is 7.68. The van der Waals surface area contributed by atoms with E-state index in [0.29, 0.717) is 0 Å². The molecule has 0 saturated heterocycles. The highest BCUT2D eigenvalue weighted by molar-refractivity contribution is 7.98. The van der Waals surface area contributed by atoms with Crippen LogP contribution >= 0.6 is 11.8 Å². The molecular weight excluding hydrogens is 224 g/mol. The van der Waals surface area contributed by atoms with Crippen molar-refractivity contribution in [2.45, 2.75) is 37.5 Å². The first kappa shape index (κ1) is 11.2. The number of tetrazole rings is 1. The molecule has 0 aliphatic carbocycles. The zero-order chi connectivity index (χ0) is 11.5. The normalized spacial score (nSPS) is 11.2. The number of thioether (sulfide) groups is 1. The quantitative estimate of drug-likeness (QED) is 0.766. The van der Waals surface area contributed by atoms with Crippen LogP contribution in [0, 0.1) is 6.92 Å². The third-order valence-electron chi connectivity index (χ3n) is 2.22. The molecule has 2 aromatic rings. The second-order valence-electron chi connectivity index (χ2n) is 3.76. The van der Waals surface area contributed by atoms with Crippen LogP contribution in [0.5, 0.6) is 0 Å². The zero-order valence-corrected chi connectivity index (χ0v) is 10.4. The lowest BCUT2D eigenvalue weighted by molar-refractivity contribution is 0.501. The van der Waals surface area contributed by atoms with Crippen LogP contribution in [0.25, 0.3) is 0 Å². The predicted octanol–water partition coefficient (Wildman–Crippen LogP) is 2.45. The van der Waals surface area contributed by atoms with Crippen molar-refractivity contribution < 1.29 is 4.42 Å². The Bertz CT molecular complexity index is 463. The van der Waals surface area contributed by atoms with Gasteiger partial charge in [-0.3, -0.25) is 0 Å². The van der Waals surface area contributed by atoms with E-state index >= 15 is 0 Å². The first-order valence-corrected chi connectivity index (χ1v) is 6.10. The molecule has 0 spiro atoms. The highest BCUT2D eigenvalue weighted by Gasteiger charge is 2.10. The summed E-state index contributed by atoms with van der Waals surface area (Å²) < 4.78 is 7.07. The van der Waals surface area contributed by atoms with Crippen molar-refractivity contribution in [1.29, 1.82) is 0 Å². The second kappa shape index (κ2) is 4.69. The van der Waals surface area contributed by atoms with Gasteiger partial charge in [-0.1, -0.05) is 0 Å². The molecule has 6 heteroatoms. The largest absolute Gasteiger partial charge is 0.468 e. The van der Waals surface area contributed by atoms with Crippen molar-refractivity contribution in [2.75, 3.05) is 0 Å². The van der Waals surface area contributed by atoms with E-state index in [9.17, 15) is 0 Å². The van der Waals surface area contributed by atoms with Gasteiger partial charge >= 0.3 is 0 Å². The highest BCUT2D eigenvalue weighted by Crippen LogP contribution is 2.26. The van der Waals surface area contributed by atoms with Gasteiger partial charge in [0.1, 0.15) is 5.76 Å². The van der Waals surface area contributed by atoms with E-state index in [1.165, 1.54) is 0 Å². The Morgan fingerprint density at radius 3 is 2.94 bits per heavy atom. The summed E-state index contributed by atoms with van der Waals surface area (Å²) in [6.07, 6.45) is 1.70. The van der Waals surface area contributed by atoms with E-state index in [1.807, 2.05) is 17.7 Å². The predicted molar refractivity (Wildman–Crippen MR) is 61.2 cm³/mol. The van der Waals surface area contributed by atoms with Crippen LogP contribution in [0.3, 0.4) is 0 Å². The number of hydrogen-bond donors (Lipinski definition) is 0. The number of furan rings is 1. The van der Waals surface area contributed by atoms with Gasteiger partial charge in [-0.15, -0.1) is 16.9 Å². The smallest absolute Gasteiger partial charge is 0.161 e. The van der Waals surface area contributed by atoms with E-state index in [0.717, 1.165) is 22.2 Å². The van der Waals surface area contributed by atoms with E-state index in [2.05, 4.69) is 29.4 Å². The fraction of sp³-hybridized carbons (Fsp3) is 0.500. The fourth-order valence-electron chi connectivity index (χ4n) is 1.37. The number of aromatic nitrogens is 4. The Kier molecular flexibility index (Phi) is 3.28. The van der Waals surface area contributed by atoms with Crippen LogP contribution in [0.1, 0.15) is 31.5 Å². The maximum absolute atomic E-state index is 5.23. The van der Waals surface area contributed by atoms with Crippen molar-refractivity contribution in [3.8, 4) is 0 Å². The van der Waals surface area contributed by atoms with Gasteiger partial charge in [-0.25, -0.2) is 4.68 Å². The van der Waals surface area contributed by atoms with Gasteiger partial charge in [-0.05, 0) is 37.3 Å². The van der Waals surface area contributed by atoms with Crippen molar-refractivity contribution in [3.05, 3.63) is 23.9 Å². The summed E-state index contributed by atoms with van der Waals surface area (Å²) >= 11 is 1.69. The van der Waals surface area contributed by atoms with Gasteiger partial charge in [0.15, 0.2) is 5.82 Å². The van der Waals surface area contributed by atoms with Gasteiger partial charge in [0.25, 0.3) is 0 Å². The Morgan fingerprint density at radius 1 is 1.50 bits per heavy atom. The number of hydrogen-bond acceptors (Lipinski definition) is 5. The van der Waals surface area contributed by atoms with Crippen molar-refractivity contribution in [1.82, 2.24) is 20.2 Å². The molecular formula is C10H14N4OS. The fourth-order valence-corrected chi connectivity index (χ4v) is 2.25. The monoisotopic (exact) mass is 238 g/mol. The molecule has 0 amide bonds. The van der Waals surface area contributed by atoms with Crippen molar-refractivity contribution >= 4 is 11.8 Å².